The van der Waals surface area contributed by atoms with Crippen molar-refractivity contribution in [2.24, 2.45) is 7.05 Å². The monoisotopic (exact) mass is 491 g/mol. The summed E-state index contributed by atoms with van der Waals surface area (Å²) in [6.45, 7) is 5.76. The molecule has 1 atom stereocenters. The van der Waals surface area contributed by atoms with Crippen molar-refractivity contribution >= 4 is 52.5 Å². The Kier molecular flexibility index (Phi) is 7.82. The fraction of sp³-hybridized carbons (Fsp3) is 0.273. The van der Waals surface area contributed by atoms with Crippen LogP contribution in [-0.2, 0) is 11.8 Å². The number of nitrogens with one attached hydrogen (secondary N) is 2. The van der Waals surface area contributed by atoms with Gasteiger partial charge in [-0.3, -0.25) is 9.59 Å². The van der Waals surface area contributed by atoms with Crippen molar-refractivity contribution in [3.8, 4) is 0 Å². The van der Waals surface area contributed by atoms with E-state index in [9.17, 15) is 9.59 Å². The molecule has 0 saturated carbocycles. The minimum Gasteiger partial charge on any atom is -0.342 e. The number of halogens is 2. The maximum Gasteiger partial charge on any atom is 0.253 e. The van der Waals surface area contributed by atoms with Gasteiger partial charge in [-0.1, -0.05) is 52.7 Å². The van der Waals surface area contributed by atoms with Gasteiger partial charge in [0.2, 0.25) is 5.91 Å². The molecule has 0 radical (unpaired) electrons. The van der Waals surface area contributed by atoms with Gasteiger partial charge >= 0.3 is 0 Å². The molecule has 3 aromatic rings. The van der Waals surface area contributed by atoms with Gasteiger partial charge in [-0.05, 0) is 50.6 Å². The molecule has 0 unspecified atom stereocenters. The number of nitrogens with zero attached hydrogens (tertiary/aromatic N) is 3. The number of rotatable bonds is 7. The molecule has 0 fully saturated rings. The Balaban J connectivity index is 1.60. The van der Waals surface area contributed by atoms with Crippen molar-refractivity contribution in [3.05, 3.63) is 69.0 Å². The summed E-state index contributed by atoms with van der Waals surface area (Å²) in [7, 11) is 1.79. The molecule has 10 heteroatoms. The van der Waals surface area contributed by atoms with E-state index in [0.717, 1.165) is 16.8 Å². The number of hydrogen-bond acceptors (Lipinski definition) is 5. The lowest BCUT2D eigenvalue weighted by Gasteiger charge is -2.14. The molecule has 0 aliphatic heterocycles. The number of aromatic nitrogens is 3. The second-order valence-corrected chi connectivity index (χ2v) is 9.16. The quantitative estimate of drug-likeness (QED) is 0.455. The summed E-state index contributed by atoms with van der Waals surface area (Å²) in [5.74, 6) is 0.260. The Labute approximate surface area is 200 Å². The maximum absolute atomic E-state index is 12.6. The zero-order chi connectivity index (χ0) is 23.4. The molecular formula is C22H23Cl2N5O2S. The molecule has 0 spiro atoms. The Morgan fingerprint density at radius 3 is 2.56 bits per heavy atom. The summed E-state index contributed by atoms with van der Waals surface area (Å²) >= 11 is 13.3. The number of carbonyl (C=O) groups is 2. The van der Waals surface area contributed by atoms with Crippen LogP contribution in [0.4, 0.5) is 5.69 Å². The van der Waals surface area contributed by atoms with E-state index in [0.29, 0.717) is 21.6 Å². The minimum absolute atomic E-state index is 0.134. The molecule has 0 aliphatic carbocycles. The van der Waals surface area contributed by atoms with Gasteiger partial charge < -0.3 is 15.2 Å². The molecule has 7 nitrogen and oxygen atoms in total. The predicted molar refractivity (Wildman–Crippen MR) is 129 cm³/mol. The lowest BCUT2D eigenvalue weighted by atomic mass is 10.1. The second kappa shape index (κ2) is 10.4. The van der Waals surface area contributed by atoms with Gasteiger partial charge in [-0.15, -0.1) is 10.2 Å². The lowest BCUT2D eigenvalue weighted by molar-refractivity contribution is -0.113. The van der Waals surface area contributed by atoms with Crippen LogP contribution in [0.1, 0.15) is 40.3 Å². The van der Waals surface area contributed by atoms with E-state index in [-0.39, 0.29) is 22.6 Å². The van der Waals surface area contributed by atoms with Crippen LogP contribution in [0.2, 0.25) is 10.0 Å². The highest BCUT2D eigenvalue weighted by atomic mass is 35.5. The number of anilines is 1. The number of hydrogen-bond donors (Lipinski definition) is 2. The molecule has 168 valence electrons. The standard InChI is InChI=1S/C22H23Cl2N5O2S/c1-12-5-8-18(13(2)9-12)26-19(30)11-32-22-28-27-20(29(22)4)14(3)25-21(31)16-7-6-15(23)10-17(16)24/h5-10,14H,11H2,1-4H3,(H,25,31)(H,26,30)/t14-/m0/s1. The van der Waals surface area contributed by atoms with Crippen molar-refractivity contribution in [1.82, 2.24) is 20.1 Å². The van der Waals surface area contributed by atoms with Crippen LogP contribution in [-0.4, -0.2) is 32.3 Å². The summed E-state index contributed by atoms with van der Waals surface area (Å²) in [6, 6.07) is 10.1. The smallest absolute Gasteiger partial charge is 0.253 e. The highest BCUT2D eigenvalue weighted by Gasteiger charge is 2.20. The number of amides is 2. The number of benzene rings is 2. The minimum atomic E-state index is -0.426. The van der Waals surface area contributed by atoms with Gasteiger partial charge in [-0.25, -0.2) is 0 Å². The molecular weight excluding hydrogens is 469 g/mol. The van der Waals surface area contributed by atoms with E-state index in [2.05, 4.69) is 20.8 Å². The first-order valence-electron chi connectivity index (χ1n) is 9.80. The average Bonchev–Trinajstić information content (AvgIpc) is 3.09. The third-order valence-electron chi connectivity index (χ3n) is 4.77. The molecule has 2 aromatic carbocycles. The highest BCUT2D eigenvalue weighted by molar-refractivity contribution is 7.99. The molecule has 3 rings (SSSR count). The molecule has 32 heavy (non-hydrogen) atoms. The number of carbonyl (C=O) groups excluding carboxylic acids is 2. The third kappa shape index (κ3) is 5.82. The van der Waals surface area contributed by atoms with Gasteiger partial charge in [-0.2, -0.15) is 0 Å². The van der Waals surface area contributed by atoms with Gasteiger partial charge in [0, 0.05) is 17.8 Å². The average molecular weight is 492 g/mol. The maximum atomic E-state index is 12.6. The van der Waals surface area contributed by atoms with Gasteiger partial charge in [0.25, 0.3) is 5.91 Å². The van der Waals surface area contributed by atoms with E-state index in [4.69, 9.17) is 23.2 Å². The van der Waals surface area contributed by atoms with E-state index < -0.39 is 6.04 Å². The normalized spacial score (nSPS) is 11.8. The van der Waals surface area contributed by atoms with Crippen LogP contribution in [0.5, 0.6) is 0 Å². The van der Waals surface area contributed by atoms with Gasteiger partial charge in [0.05, 0.1) is 22.4 Å². The number of thioether (sulfide) groups is 1. The van der Waals surface area contributed by atoms with Crippen molar-refractivity contribution < 1.29 is 9.59 Å². The van der Waals surface area contributed by atoms with Crippen LogP contribution in [0.25, 0.3) is 0 Å². The summed E-state index contributed by atoms with van der Waals surface area (Å²) in [6.07, 6.45) is 0. The molecule has 2 amide bonds. The molecule has 1 heterocycles. The largest absolute Gasteiger partial charge is 0.342 e. The summed E-state index contributed by atoms with van der Waals surface area (Å²) in [5, 5.41) is 15.4. The predicted octanol–water partition coefficient (Wildman–Crippen LogP) is 4.96. The SMILES string of the molecule is Cc1ccc(NC(=O)CSc2nnc([C@H](C)NC(=O)c3ccc(Cl)cc3Cl)n2C)c(C)c1. The first-order chi connectivity index (χ1) is 15.2. The van der Waals surface area contributed by atoms with Gasteiger partial charge in [0.1, 0.15) is 0 Å². The fourth-order valence-electron chi connectivity index (χ4n) is 3.11. The zero-order valence-electron chi connectivity index (χ0n) is 18.1. The fourth-order valence-corrected chi connectivity index (χ4v) is 4.32. The molecule has 0 aliphatic rings. The Hall–Kier alpha value is -2.55. The highest BCUT2D eigenvalue weighted by Crippen LogP contribution is 2.23. The van der Waals surface area contributed by atoms with Crippen LogP contribution < -0.4 is 10.6 Å². The van der Waals surface area contributed by atoms with Crippen LogP contribution >= 0.6 is 35.0 Å². The van der Waals surface area contributed by atoms with Crippen molar-refractivity contribution in [2.45, 2.75) is 32.0 Å². The first kappa shape index (κ1) is 24.1. The summed E-state index contributed by atoms with van der Waals surface area (Å²) in [4.78, 5) is 24.9. The topological polar surface area (TPSA) is 88.9 Å². The van der Waals surface area contributed by atoms with Gasteiger partial charge in [0.15, 0.2) is 11.0 Å². The zero-order valence-corrected chi connectivity index (χ0v) is 20.4. The van der Waals surface area contributed by atoms with E-state index in [1.165, 1.54) is 17.8 Å². The lowest BCUT2D eigenvalue weighted by Crippen LogP contribution is -2.28. The van der Waals surface area contributed by atoms with Crippen LogP contribution in [0.3, 0.4) is 0 Å². The Bertz CT molecular complexity index is 1170. The van der Waals surface area contributed by atoms with Crippen LogP contribution in [0.15, 0.2) is 41.6 Å². The summed E-state index contributed by atoms with van der Waals surface area (Å²) in [5.41, 5.74) is 3.26. The Morgan fingerprint density at radius 1 is 1.12 bits per heavy atom. The van der Waals surface area contributed by atoms with Crippen molar-refractivity contribution in [1.29, 1.82) is 0 Å². The molecule has 1 aromatic heterocycles. The number of aryl methyl sites for hydroxylation is 2. The summed E-state index contributed by atoms with van der Waals surface area (Å²) < 4.78 is 1.75. The molecule has 0 bridgehead atoms. The third-order valence-corrected chi connectivity index (χ3v) is 6.34. The van der Waals surface area contributed by atoms with Crippen molar-refractivity contribution in [2.75, 3.05) is 11.1 Å². The van der Waals surface area contributed by atoms with E-state index in [1.807, 2.05) is 32.0 Å². The van der Waals surface area contributed by atoms with E-state index >= 15 is 0 Å². The van der Waals surface area contributed by atoms with E-state index in [1.54, 1.807) is 30.7 Å². The Morgan fingerprint density at radius 2 is 1.88 bits per heavy atom. The second-order valence-electron chi connectivity index (χ2n) is 7.37. The molecule has 2 N–H and O–H groups in total. The first-order valence-corrected chi connectivity index (χ1v) is 11.5. The molecule has 0 saturated heterocycles. The van der Waals surface area contributed by atoms with Crippen molar-refractivity contribution in [3.63, 3.8) is 0 Å². The van der Waals surface area contributed by atoms with Crippen LogP contribution in [0, 0.1) is 13.8 Å².